The minimum Gasteiger partial charge on any atom is -0.329 e. The Balaban J connectivity index is 3.07. The average molecular weight is 266 g/mol. The van der Waals surface area contributed by atoms with Gasteiger partial charge >= 0.3 is 0 Å². The summed E-state index contributed by atoms with van der Waals surface area (Å²) in [5.41, 5.74) is 8.54. The summed E-state index contributed by atoms with van der Waals surface area (Å²) in [5, 5.41) is 4.55. The first-order valence-electron chi connectivity index (χ1n) is 7.38. The van der Waals surface area contributed by atoms with Gasteiger partial charge in [0.2, 0.25) is 0 Å². The van der Waals surface area contributed by atoms with Crippen molar-refractivity contribution in [1.29, 1.82) is 0 Å². The summed E-state index contributed by atoms with van der Waals surface area (Å²) in [6.45, 7) is 12.9. The van der Waals surface area contributed by atoms with Crippen molar-refractivity contribution >= 4 is 0 Å². The molecule has 0 aliphatic rings. The van der Waals surface area contributed by atoms with Crippen LogP contribution in [0.2, 0.25) is 0 Å². The Morgan fingerprint density at radius 1 is 1.32 bits per heavy atom. The first-order chi connectivity index (χ1) is 8.90. The zero-order chi connectivity index (χ0) is 14.6. The molecule has 1 atom stereocenters. The van der Waals surface area contributed by atoms with E-state index in [1.807, 2.05) is 11.7 Å². The highest BCUT2D eigenvalue weighted by Gasteiger charge is 2.25. The van der Waals surface area contributed by atoms with Gasteiger partial charge in [0.05, 0.1) is 11.7 Å². The molecule has 0 spiro atoms. The molecule has 0 amide bonds. The Bertz CT molecular complexity index is 381. The van der Waals surface area contributed by atoms with Gasteiger partial charge in [0, 0.05) is 37.9 Å². The van der Waals surface area contributed by atoms with E-state index in [2.05, 4.69) is 50.8 Å². The van der Waals surface area contributed by atoms with E-state index in [9.17, 15) is 0 Å². The van der Waals surface area contributed by atoms with Crippen molar-refractivity contribution in [2.75, 3.05) is 13.1 Å². The van der Waals surface area contributed by atoms with Crippen LogP contribution in [-0.4, -0.2) is 33.8 Å². The third-order valence-corrected chi connectivity index (χ3v) is 3.49. The molecule has 110 valence electrons. The maximum atomic E-state index is 6.07. The monoisotopic (exact) mass is 266 g/mol. The van der Waals surface area contributed by atoms with E-state index in [4.69, 9.17) is 5.73 Å². The molecule has 0 saturated carbocycles. The van der Waals surface area contributed by atoms with E-state index in [0.29, 0.717) is 18.5 Å². The van der Waals surface area contributed by atoms with Crippen LogP contribution in [-0.2, 0) is 13.5 Å². The summed E-state index contributed by atoms with van der Waals surface area (Å²) in [5.74, 6) is 0.637. The van der Waals surface area contributed by atoms with E-state index in [0.717, 1.165) is 13.0 Å². The Morgan fingerprint density at radius 3 is 2.37 bits per heavy atom. The predicted octanol–water partition coefficient (Wildman–Crippen LogP) is 2.35. The molecule has 4 heteroatoms. The predicted molar refractivity (Wildman–Crippen MR) is 81.1 cm³/mol. The van der Waals surface area contributed by atoms with Gasteiger partial charge in [-0.1, -0.05) is 20.8 Å². The lowest BCUT2D eigenvalue weighted by atomic mass is 10.0. The zero-order valence-corrected chi connectivity index (χ0v) is 13.3. The van der Waals surface area contributed by atoms with Crippen molar-refractivity contribution < 1.29 is 0 Å². The lowest BCUT2D eigenvalue weighted by Crippen LogP contribution is -2.41. The van der Waals surface area contributed by atoms with Gasteiger partial charge in [0.25, 0.3) is 0 Å². The van der Waals surface area contributed by atoms with Crippen LogP contribution in [0, 0.1) is 5.92 Å². The minimum atomic E-state index is 0.269. The van der Waals surface area contributed by atoms with Crippen LogP contribution in [0.25, 0.3) is 0 Å². The van der Waals surface area contributed by atoms with Crippen molar-refractivity contribution in [1.82, 2.24) is 14.7 Å². The van der Waals surface area contributed by atoms with Crippen molar-refractivity contribution in [3.05, 3.63) is 17.5 Å². The standard InChI is InChI=1S/C15H30N4/c1-7-14-13(10-18(6)17-14)15(8-16)19(12(4)5)9-11(2)3/h10-12,15H,7-9,16H2,1-6H3. The molecule has 0 bridgehead atoms. The molecule has 0 radical (unpaired) electrons. The summed E-state index contributed by atoms with van der Waals surface area (Å²) in [6, 6.07) is 0.756. The second-order valence-electron chi connectivity index (χ2n) is 5.99. The van der Waals surface area contributed by atoms with E-state index < -0.39 is 0 Å². The third-order valence-electron chi connectivity index (χ3n) is 3.49. The quantitative estimate of drug-likeness (QED) is 0.824. The summed E-state index contributed by atoms with van der Waals surface area (Å²) in [6.07, 6.45) is 3.09. The molecule has 0 aliphatic heterocycles. The molecule has 2 N–H and O–H groups in total. The largest absolute Gasteiger partial charge is 0.329 e. The Labute approximate surface area is 118 Å². The summed E-state index contributed by atoms with van der Waals surface area (Å²) in [4.78, 5) is 2.50. The molecule has 1 heterocycles. The van der Waals surface area contributed by atoms with Gasteiger partial charge in [-0.05, 0) is 26.2 Å². The zero-order valence-electron chi connectivity index (χ0n) is 13.3. The van der Waals surface area contributed by atoms with Gasteiger partial charge in [-0.2, -0.15) is 5.10 Å². The van der Waals surface area contributed by atoms with Crippen LogP contribution in [0.1, 0.15) is 51.9 Å². The van der Waals surface area contributed by atoms with Crippen molar-refractivity contribution in [2.45, 2.75) is 53.1 Å². The second kappa shape index (κ2) is 7.06. The normalized spacial score (nSPS) is 13.8. The molecule has 4 nitrogen and oxygen atoms in total. The van der Waals surface area contributed by atoms with Crippen LogP contribution in [0.3, 0.4) is 0 Å². The highest BCUT2D eigenvalue weighted by Crippen LogP contribution is 2.26. The van der Waals surface area contributed by atoms with Gasteiger partial charge in [-0.15, -0.1) is 0 Å². The molecule has 0 aromatic carbocycles. The van der Waals surface area contributed by atoms with Crippen LogP contribution in [0.4, 0.5) is 0 Å². The van der Waals surface area contributed by atoms with E-state index in [1.54, 1.807) is 0 Å². The fourth-order valence-corrected chi connectivity index (χ4v) is 2.67. The van der Waals surface area contributed by atoms with Gasteiger partial charge in [0.1, 0.15) is 0 Å². The number of hydrogen-bond acceptors (Lipinski definition) is 3. The number of aromatic nitrogens is 2. The molecule has 0 aliphatic carbocycles. The van der Waals surface area contributed by atoms with Crippen LogP contribution >= 0.6 is 0 Å². The third kappa shape index (κ3) is 4.05. The van der Waals surface area contributed by atoms with Crippen molar-refractivity contribution in [3.63, 3.8) is 0 Å². The number of aryl methyl sites for hydroxylation is 2. The van der Waals surface area contributed by atoms with E-state index in [-0.39, 0.29) is 6.04 Å². The number of nitrogens with two attached hydrogens (primary N) is 1. The highest BCUT2D eigenvalue weighted by atomic mass is 15.3. The SMILES string of the molecule is CCc1nn(C)cc1C(CN)N(CC(C)C)C(C)C. The Hall–Kier alpha value is -0.870. The van der Waals surface area contributed by atoms with E-state index >= 15 is 0 Å². The van der Waals surface area contributed by atoms with E-state index in [1.165, 1.54) is 11.3 Å². The summed E-state index contributed by atoms with van der Waals surface area (Å²) < 4.78 is 1.91. The van der Waals surface area contributed by atoms with Gasteiger partial charge in [0.15, 0.2) is 0 Å². The molecule has 0 saturated heterocycles. The average Bonchev–Trinajstić information content (AvgIpc) is 2.69. The first kappa shape index (κ1) is 16.2. The highest BCUT2D eigenvalue weighted by molar-refractivity contribution is 5.22. The van der Waals surface area contributed by atoms with Gasteiger partial charge in [-0.25, -0.2) is 0 Å². The van der Waals surface area contributed by atoms with Gasteiger partial charge in [-0.3, -0.25) is 9.58 Å². The fourth-order valence-electron chi connectivity index (χ4n) is 2.67. The molecular formula is C15H30N4. The van der Waals surface area contributed by atoms with Crippen LogP contribution in [0.15, 0.2) is 6.20 Å². The second-order valence-corrected chi connectivity index (χ2v) is 5.99. The molecule has 19 heavy (non-hydrogen) atoms. The Morgan fingerprint density at radius 2 is 1.95 bits per heavy atom. The molecule has 1 aromatic rings. The summed E-state index contributed by atoms with van der Waals surface area (Å²) in [7, 11) is 1.98. The molecule has 1 rings (SSSR count). The number of nitrogens with zero attached hydrogens (tertiary/aromatic N) is 3. The number of rotatable bonds is 7. The van der Waals surface area contributed by atoms with Crippen molar-refractivity contribution in [3.8, 4) is 0 Å². The lowest BCUT2D eigenvalue weighted by molar-refractivity contribution is 0.138. The molecule has 1 aromatic heterocycles. The topological polar surface area (TPSA) is 47.1 Å². The minimum absolute atomic E-state index is 0.269. The Kier molecular flexibility index (Phi) is 6.01. The van der Waals surface area contributed by atoms with Crippen LogP contribution in [0.5, 0.6) is 0 Å². The molecule has 1 unspecified atom stereocenters. The summed E-state index contributed by atoms with van der Waals surface area (Å²) >= 11 is 0. The smallest absolute Gasteiger partial charge is 0.0670 e. The first-order valence-corrected chi connectivity index (χ1v) is 7.38. The van der Waals surface area contributed by atoms with Crippen LogP contribution < -0.4 is 5.73 Å². The van der Waals surface area contributed by atoms with Crippen molar-refractivity contribution in [2.24, 2.45) is 18.7 Å². The number of hydrogen-bond donors (Lipinski definition) is 1. The lowest BCUT2D eigenvalue weighted by Gasteiger charge is -2.35. The molecule has 0 fully saturated rings. The fraction of sp³-hybridized carbons (Fsp3) is 0.800. The van der Waals surface area contributed by atoms with Gasteiger partial charge < -0.3 is 5.73 Å². The molecular weight excluding hydrogens is 236 g/mol. The maximum Gasteiger partial charge on any atom is 0.0670 e. The maximum absolute atomic E-state index is 6.07.